The second-order valence-corrected chi connectivity index (χ2v) is 10.7. The highest BCUT2D eigenvalue weighted by Crippen LogP contribution is 2.17. The first-order valence-corrected chi connectivity index (χ1v) is 15.5. The van der Waals surface area contributed by atoms with Crippen LogP contribution in [0.25, 0.3) is 0 Å². The molecule has 0 fully saturated rings. The molecule has 0 aliphatic carbocycles. The van der Waals surface area contributed by atoms with Crippen LogP contribution >= 0.6 is 0 Å². The van der Waals surface area contributed by atoms with E-state index in [9.17, 15) is 66.7 Å². The molecule has 0 radical (unpaired) electrons. The molecular formula is C31H33F13N6O8. The van der Waals surface area contributed by atoms with Crippen molar-refractivity contribution in [1.82, 2.24) is 10.3 Å². The van der Waals surface area contributed by atoms with Gasteiger partial charge in [0.15, 0.2) is 11.6 Å². The molecule has 58 heavy (non-hydrogen) atoms. The highest BCUT2D eigenvalue weighted by atomic mass is 19.4. The number of carboxylic acids is 3. The van der Waals surface area contributed by atoms with E-state index < -0.39 is 83.5 Å². The molecule has 1 aromatic heterocycles. The van der Waals surface area contributed by atoms with Gasteiger partial charge in [-0.3, -0.25) is 9.59 Å². The van der Waals surface area contributed by atoms with Crippen molar-refractivity contribution in [3.05, 3.63) is 58.9 Å². The van der Waals surface area contributed by atoms with Gasteiger partial charge in [-0.2, -0.15) is 53.3 Å². The number of nitrogens with one attached hydrogen (secondary N) is 2. The minimum atomic E-state index is -5.08. The highest BCUT2D eigenvalue weighted by molar-refractivity contribution is 5.94. The van der Waals surface area contributed by atoms with Crippen molar-refractivity contribution in [2.75, 3.05) is 18.4 Å². The number of carbonyl (C=O) groups excluding carboxylic acids is 2. The van der Waals surface area contributed by atoms with Crippen LogP contribution in [-0.4, -0.2) is 93.7 Å². The summed E-state index contributed by atoms with van der Waals surface area (Å²) < 4.78 is 149. The third-order valence-corrected chi connectivity index (χ3v) is 6.09. The fraction of sp³-hybridized carbons (Fsp3) is 0.419. The lowest BCUT2D eigenvalue weighted by Crippen LogP contribution is -2.41. The van der Waals surface area contributed by atoms with Gasteiger partial charge in [-0.05, 0) is 62.9 Å². The van der Waals surface area contributed by atoms with Crippen molar-refractivity contribution >= 4 is 35.4 Å². The first kappa shape index (κ1) is 54.4. The normalized spacial score (nSPS) is 11.9. The molecule has 326 valence electrons. The van der Waals surface area contributed by atoms with E-state index in [1.54, 1.807) is 0 Å². The number of nitrogens with two attached hydrogens (primary N) is 3. The fourth-order valence-electron chi connectivity index (χ4n) is 3.21. The average Bonchev–Trinajstić information content (AvgIpc) is 3.10. The number of hydrogen-bond acceptors (Lipinski definition) is 9. The molecule has 11 N–H and O–H groups in total. The van der Waals surface area contributed by atoms with E-state index in [-0.39, 0.29) is 11.5 Å². The monoisotopic (exact) mass is 864 g/mol. The minimum Gasteiger partial charge on any atom is -0.475 e. The molecule has 2 aromatic rings. The molecule has 0 aliphatic rings. The van der Waals surface area contributed by atoms with Crippen LogP contribution < -0.4 is 27.8 Å². The molecule has 1 heterocycles. The van der Waals surface area contributed by atoms with E-state index >= 15 is 0 Å². The van der Waals surface area contributed by atoms with E-state index in [0.717, 1.165) is 12.8 Å². The van der Waals surface area contributed by atoms with Gasteiger partial charge in [-0.25, -0.2) is 23.2 Å². The largest absolute Gasteiger partial charge is 0.490 e. The summed E-state index contributed by atoms with van der Waals surface area (Å²) in [5, 5.41) is 26.8. The quantitative estimate of drug-likeness (QED) is 0.0653. The van der Waals surface area contributed by atoms with Gasteiger partial charge < -0.3 is 43.2 Å². The van der Waals surface area contributed by atoms with E-state index in [2.05, 4.69) is 27.5 Å². The van der Waals surface area contributed by atoms with Crippen LogP contribution in [0.4, 0.5) is 62.8 Å². The number of alkyl halides is 9. The molecule has 0 saturated carbocycles. The molecule has 0 aliphatic heterocycles. The Bertz CT molecular complexity index is 1650. The molecule has 1 aromatic carbocycles. The zero-order valence-electron chi connectivity index (χ0n) is 29.1. The first-order chi connectivity index (χ1) is 26.5. The van der Waals surface area contributed by atoms with Gasteiger partial charge in [0.1, 0.15) is 5.56 Å². The first-order valence-electron chi connectivity index (χ1n) is 15.5. The van der Waals surface area contributed by atoms with E-state index in [0.29, 0.717) is 44.5 Å². The lowest BCUT2D eigenvalue weighted by molar-refractivity contribution is -0.193. The van der Waals surface area contributed by atoms with E-state index in [1.807, 2.05) is 0 Å². The molecule has 2 amide bonds. The average molecular weight is 865 g/mol. The van der Waals surface area contributed by atoms with Crippen LogP contribution in [0.2, 0.25) is 0 Å². The number of aromatic nitrogens is 1. The Morgan fingerprint density at radius 1 is 0.638 bits per heavy atom. The van der Waals surface area contributed by atoms with Crippen LogP contribution in [0.15, 0.2) is 24.3 Å². The number of aliphatic carboxylic acids is 3. The topological polar surface area (TPSA) is 261 Å². The summed E-state index contributed by atoms with van der Waals surface area (Å²) in [6.45, 7) is 0.985. The third kappa shape index (κ3) is 23.3. The third-order valence-electron chi connectivity index (χ3n) is 6.09. The van der Waals surface area contributed by atoms with Gasteiger partial charge in [-0.1, -0.05) is 18.3 Å². The summed E-state index contributed by atoms with van der Waals surface area (Å²) in [5.41, 5.74) is 16.8. The molecule has 0 spiro atoms. The van der Waals surface area contributed by atoms with Crippen LogP contribution in [0.1, 0.15) is 49.7 Å². The number of hydrogen-bond donors (Lipinski definition) is 8. The Morgan fingerprint density at radius 3 is 1.40 bits per heavy atom. The van der Waals surface area contributed by atoms with E-state index in [4.69, 9.17) is 46.9 Å². The number of halogens is 13. The lowest BCUT2D eigenvalue weighted by Gasteiger charge is -2.14. The lowest BCUT2D eigenvalue weighted by atomic mass is 10.1. The molecule has 14 nitrogen and oxygen atoms in total. The smallest absolute Gasteiger partial charge is 0.475 e. The summed E-state index contributed by atoms with van der Waals surface area (Å²) in [6.07, 6.45) is -11.4. The molecule has 0 bridgehead atoms. The second-order valence-electron chi connectivity index (χ2n) is 10.7. The number of anilines is 1. The number of carboxylic acid groups (broad SMARTS) is 3. The number of rotatable bonds is 12. The zero-order valence-corrected chi connectivity index (χ0v) is 29.1. The van der Waals surface area contributed by atoms with Gasteiger partial charge >= 0.3 is 36.4 Å². The standard InChI is InChI=1S/C25H30F4N6O2.3C2HF3O2/c26-20-17(21(27)23(29)35-22(20)28)12-9-15-7-10-16(11-8-15)34-25(37)19(32)6-2-4-14-33-24(36)18(31)5-1-3-13-30;3*3-2(4,5)1(6)7/h7-8,10-11,18-19H,1-6,13-14,30-32H2,(H,33,36)(H,34,37);3*(H,6,7)/t18-,19-;;;/m0.../s1. The molecule has 0 saturated heterocycles. The Hall–Kier alpha value is -5.75. The zero-order chi connectivity index (χ0) is 45.6. The maximum absolute atomic E-state index is 13.6. The molecular weight excluding hydrogens is 831 g/mol. The number of unbranched alkanes of at least 4 members (excludes halogenated alkanes) is 2. The van der Waals surface area contributed by atoms with Crippen molar-refractivity contribution < 1.29 is 96.4 Å². The summed E-state index contributed by atoms with van der Waals surface area (Å²) in [4.78, 5) is 53.4. The van der Waals surface area contributed by atoms with Crippen LogP contribution in [0, 0.1) is 35.4 Å². The summed E-state index contributed by atoms with van der Waals surface area (Å²) in [7, 11) is 0. The highest BCUT2D eigenvalue weighted by Gasteiger charge is 2.39. The second kappa shape index (κ2) is 25.5. The molecule has 2 atom stereocenters. The van der Waals surface area contributed by atoms with Crippen molar-refractivity contribution in [1.29, 1.82) is 0 Å². The number of nitrogens with zero attached hydrogens (tertiary/aromatic N) is 1. The Labute approximate surface area is 317 Å². The fourth-order valence-corrected chi connectivity index (χ4v) is 3.21. The number of carbonyl (C=O) groups is 5. The van der Waals surface area contributed by atoms with Crippen molar-refractivity contribution in [3.8, 4) is 11.8 Å². The summed E-state index contributed by atoms with van der Waals surface area (Å²) in [6, 6.07) is 4.52. The summed E-state index contributed by atoms with van der Waals surface area (Å²) in [5.74, 6) is -11.4. The van der Waals surface area contributed by atoms with Gasteiger partial charge in [0, 0.05) is 17.8 Å². The predicted octanol–water partition coefficient (Wildman–Crippen LogP) is 3.95. The summed E-state index contributed by atoms with van der Waals surface area (Å²) >= 11 is 0. The van der Waals surface area contributed by atoms with Crippen molar-refractivity contribution in [3.63, 3.8) is 0 Å². The van der Waals surface area contributed by atoms with Crippen LogP contribution in [0.3, 0.4) is 0 Å². The van der Waals surface area contributed by atoms with E-state index in [1.165, 1.54) is 24.3 Å². The Morgan fingerprint density at radius 2 is 1.02 bits per heavy atom. The predicted molar refractivity (Wildman–Crippen MR) is 172 cm³/mol. The van der Waals surface area contributed by atoms with Gasteiger partial charge in [0.2, 0.25) is 11.8 Å². The Balaban J connectivity index is 0. The van der Waals surface area contributed by atoms with Crippen LogP contribution in [0.5, 0.6) is 0 Å². The molecule has 0 unspecified atom stereocenters. The Kier molecular flexibility index (Phi) is 23.9. The molecule has 27 heteroatoms. The van der Waals surface area contributed by atoms with Gasteiger partial charge in [0.05, 0.1) is 12.1 Å². The van der Waals surface area contributed by atoms with Gasteiger partial charge in [0.25, 0.3) is 11.9 Å². The number of pyridine rings is 1. The van der Waals surface area contributed by atoms with Crippen LogP contribution in [-0.2, 0) is 24.0 Å². The molecule has 2 rings (SSSR count). The van der Waals surface area contributed by atoms with Gasteiger partial charge in [-0.15, -0.1) is 0 Å². The van der Waals surface area contributed by atoms with Crippen molar-refractivity contribution in [2.45, 2.75) is 69.1 Å². The number of amides is 2. The maximum atomic E-state index is 13.6. The maximum Gasteiger partial charge on any atom is 0.490 e. The minimum absolute atomic E-state index is 0.220. The SMILES string of the molecule is NCCCC[C@H](N)C(=O)NCCCC[C@H](N)C(=O)Nc1ccc(C#Cc2c(F)c(F)nc(F)c2F)cc1.O=C(O)C(F)(F)F.O=C(O)C(F)(F)F.O=C(O)C(F)(F)F. The number of benzene rings is 1. The van der Waals surface area contributed by atoms with Crippen molar-refractivity contribution in [2.24, 2.45) is 17.2 Å².